The lowest BCUT2D eigenvalue weighted by molar-refractivity contribution is 0.451. The predicted octanol–water partition coefficient (Wildman–Crippen LogP) is 5.87. The Morgan fingerprint density at radius 3 is 1.83 bits per heavy atom. The molecule has 0 radical (unpaired) electrons. The van der Waals surface area contributed by atoms with Crippen LogP contribution in [-0.4, -0.2) is 0 Å². The zero-order chi connectivity index (χ0) is 16.8. The molecule has 0 amide bonds. The fraction of sp³-hybridized carbons (Fsp3) is 0.143. The van der Waals surface area contributed by atoms with Crippen LogP contribution in [0, 0.1) is 25.5 Å². The molecule has 1 heterocycles. The largest absolute Gasteiger partial charge is 0.457 e. The molecule has 24 heavy (non-hydrogen) atoms. The monoisotopic (exact) mass is 322 g/mol. The fourth-order valence-electron chi connectivity index (χ4n) is 3.31. The maximum Gasteiger partial charge on any atom is 0.159 e. The Bertz CT molecular complexity index is 895. The Morgan fingerprint density at radius 1 is 0.708 bits per heavy atom. The van der Waals surface area contributed by atoms with Gasteiger partial charge in [-0.15, -0.1) is 0 Å². The molecule has 1 aliphatic heterocycles. The van der Waals surface area contributed by atoms with Crippen molar-refractivity contribution in [3.05, 3.63) is 94.0 Å². The van der Waals surface area contributed by atoms with Crippen molar-refractivity contribution in [2.24, 2.45) is 0 Å². The van der Waals surface area contributed by atoms with Gasteiger partial charge in [-0.25, -0.2) is 8.78 Å². The summed E-state index contributed by atoms with van der Waals surface area (Å²) in [6.45, 7) is 4.02. The highest BCUT2D eigenvalue weighted by Gasteiger charge is 2.29. The third-order valence-electron chi connectivity index (χ3n) is 4.45. The summed E-state index contributed by atoms with van der Waals surface area (Å²) in [5, 5.41) is 0. The number of aryl methyl sites for hydroxylation is 2. The van der Waals surface area contributed by atoms with Crippen LogP contribution in [-0.2, 0) is 0 Å². The fourth-order valence-corrected chi connectivity index (χ4v) is 3.31. The summed E-state index contributed by atoms with van der Waals surface area (Å²) in [4.78, 5) is 0. The molecule has 0 N–H and O–H groups in total. The number of benzene rings is 3. The van der Waals surface area contributed by atoms with E-state index in [2.05, 4.69) is 0 Å². The average molecular weight is 322 g/mol. The molecule has 120 valence electrons. The van der Waals surface area contributed by atoms with Crippen LogP contribution in [0.15, 0.2) is 54.6 Å². The van der Waals surface area contributed by atoms with Gasteiger partial charge >= 0.3 is 0 Å². The normalized spacial score (nSPS) is 13.2. The number of hydrogen-bond donors (Lipinski definition) is 0. The minimum Gasteiger partial charge on any atom is -0.457 e. The number of hydrogen-bond acceptors (Lipinski definition) is 1. The number of ether oxygens (including phenoxy) is 1. The molecule has 4 rings (SSSR count). The third-order valence-corrected chi connectivity index (χ3v) is 4.45. The van der Waals surface area contributed by atoms with Gasteiger partial charge < -0.3 is 4.74 Å². The molecule has 3 aromatic rings. The van der Waals surface area contributed by atoms with Crippen LogP contribution in [0.2, 0.25) is 0 Å². The number of halogens is 2. The van der Waals surface area contributed by atoms with Crippen LogP contribution < -0.4 is 4.74 Å². The van der Waals surface area contributed by atoms with Gasteiger partial charge in [-0.3, -0.25) is 0 Å². The first-order valence-corrected chi connectivity index (χ1v) is 7.87. The molecular weight excluding hydrogens is 306 g/mol. The zero-order valence-corrected chi connectivity index (χ0v) is 13.4. The van der Waals surface area contributed by atoms with Gasteiger partial charge in [0, 0.05) is 17.0 Å². The first-order chi connectivity index (χ1) is 11.5. The van der Waals surface area contributed by atoms with Crippen molar-refractivity contribution in [1.29, 1.82) is 0 Å². The Morgan fingerprint density at radius 2 is 1.29 bits per heavy atom. The highest BCUT2D eigenvalue weighted by molar-refractivity contribution is 5.59. The highest BCUT2D eigenvalue weighted by atomic mass is 19.2. The summed E-state index contributed by atoms with van der Waals surface area (Å²) in [7, 11) is 0. The van der Waals surface area contributed by atoms with E-state index in [1.54, 1.807) is 6.07 Å². The Kier molecular flexibility index (Phi) is 3.38. The lowest BCUT2D eigenvalue weighted by Crippen LogP contribution is -2.12. The van der Waals surface area contributed by atoms with Crippen LogP contribution in [0.3, 0.4) is 0 Å². The molecule has 0 fully saturated rings. The van der Waals surface area contributed by atoms with Crippen LogP contribution in [0.5, 0.6) is 11.5 Å². The lowest BCUT2D eigenvalue weighted by atomic mass is 9.81. The van der Waals surface area contributed by atoms with Crippen LogP contribution in [0.25, 0.3) is 0 Å². The molecule has 0 unspecified atom stereocenters. The second-order valence-electron chi connectivity index (χ2n) is 6.29. The molecule has 0 bridgehead atoms. The van der Waals surface area contributed by atoms with Crippen molar-refractivity contribution in [1.82, 2.24) is 0 Å². The molecule has 0 aliphatic carbocycles. The first-order valence-electron chi connectivity index (χ1n) is 7.87. The molecule has 0 saturated heterocycles. The van der Waals surface area contributed by atoms with E-state index in [0.717, 1.165) is 39.3 Å². The van der Waals surface area contributed by atoms with Crippen molar-refractivity contribution >= 4 is 0 Å². The van der Waals surface area contributed by atoms with Gasteiger partial charge in [-0.05, 0) is 43.7 Å². The molecule has 0 aromatic heterocycles. The van der Waals surface area contributed by atoms with Gasteiger partial charge in [-0.1, -0.05) is 41.5 Å². The quantitative estimate of drug-likeness (QED) is 0.426. The van der Waals surface area contributed by atoms with Gasteiger partial charge in [0.15, 0.2) is 11.6 Å². The van der Waals surface area contributed by atoms with E-state index in [9.17, 15) is 8.78 Å². The van der Waals surface area contributed by atoms with Crippen LogP contribution in [0.4, 0.5) is 8.78 Å². The van der Waals surface area contributed by atoms with E-state index >= 15 is 0 Å². The van der Waals surface area contributed by atoms with Crippen molar-refractivity contribution in [3.8, 4) is 11.5 Å². The van der Waals surface area contributed by atoms with Gasteiger partial charge in [0.05, 0.1) is 0 Å². The van der Waals surface area contributed by atoms with E-state index in [1.165, 1.54) is 12.1 Å². The number of fused-ring (bicyclic) bond motifs is 2. The van der Waals surface area contributed by atoms with Crippen molar-refractivity contribution in [2.45, 2.75) is 19.8 Å². The Balaban J connectivity index is 1.98. The summed E-state index contributed by atoms with van der Waals surface area (Å²) < 4.78 is 33.3. The van der Waals surface area contributed by atoms with Gasteiger partial charge in [0.1, 0.15) is 11.5 Å². The summed E-state index contributed by atoms with van der Waals surface area (Å²) >= 11 is 0. The first kappa shape index (κ1) is 14.9. The smallest absolute Gasteiger partial charge is 0.159 e. The summed E-state index contributed by atoms with van der Waals surface area (Å²) in [5.74, 6) is -0.334. The highest BCUT2D eigenvalue weighted by Crippen LogP contribution is 2.47. The summed E-state index contributed by atoms with van der Waals surface area (Å²) in [5.41, 5.74) is 4.86. The average Bonchev–Trinajstić information content (AvgIpc) is 2.56. The maximum atomic E-state index is 13.8. The predicted molar refractivity (Wildman–Crippen MR) is 89.7 cm³/mol. The van der Waals surface area contributed by atoms with Crippen molar-refractivity contribution in [3.63, 3.8) is 0 Å². The molecule has 0 saturated carbocycles. The lowest BCUT2D eigenvalue weighted by Gasteiger charge is -2.29. The van der Waals surface area contributed by atoms with Gasteiger partial charge in [-0.2, -0.15) is 0 Å². The van der Waals surface area contributed by atoms with E-state index in [-0.39, 0.29) is 5.92 Å². The zero-order valence-electron chi connectivity index (χ0n) is 13.4. The van der Waals surface area contributed by atoms with Crippen molar-refractivity contribution < 1.29 is 13.5 Å². The summed E-state index contributed by atoms with van der Waals surface area (Å²) in [6, 6.07) is 16.0. The molecular formula is C21H16F2O. The van der Waals surface area contributed by atoms with Crippen LogP contribution in [0.1, 0.15) is 33.7 Å². The minimum atomic E-state index is -0.834. The molecule has 3 heteroatoms. The van der Waals surface area contributed by atoms with E-state index in [4.69, 9.17) is 4.74 Å². The Hall–Kier alpha value is -2.68. The molecule has 3 aromatic carbocycles. The standard InChI is InChI=1S/C21H16F2O/c1-12-3-7-19-15(9-12)21(14-5-6-17(22)18(23)11-14)16-10-13(2)4-8-20(16)24-19/h3-11,21H,1-2H3. The SMILES string of the molecule is Cc1ccc2c(c1)C(c1ccc(F)c(F)c1)c1cc(C)ccc1O2. The molecule has 1 aliphatic rings. The Labute approximate surface area is 139 Å². The van der Waals surface area contributed by atoms with E-state index < -0.39 is 11.6 Å². The van der Waals surface area contributed by atoms with Crippen molar-refractivity contribution in [2.75, 3.05) is 0 Å². The summed E-state index contributed by atoms with van der Waals surface area (Å²) in [6.07, 6.45) is 0. The molecule has 1 nitrogen and oxygen atoms in total. The topological polar surface area (TPSA) is 9.23 Å². The molecule has 0 spiro atoms. The second-order valence-corrected chi connectivity index (χ2v) is 6.29. The number of rotatable bonds is 1. The third kappa shape index (κ3) is 2.37. The van der Waals surface area contributed by atoms with E-state index in [0.29, 0.717) is 0 Å². The van der Waals surface area contributed by atoms with E-state index in [1.807, 2.05) is 50.2 Å². The van der Waals surface area contributed by atoms with Gasteiger partial charge in [0.2, 0.25) is 0 Å². The second kappa shape index (κ2) is 5.45. The van der Waals surface area contributed by atoms with Crippen LogP contribution >= 0.6 is 0 Å². The maximum absolute atomic E-state index is 13.8. The van der Waals surface area contributed by atoms with Gasteiger partial charge in [0.25, 0.3) is 0 Å². The molecule has 0 atom stereocenters. The minimum absolute atomic E-state index is 0.182.